The summed E-state index contributed by atoms with van der Waals surface area (Å²) < 4.78 is 29.9. The van der Waals surface area contributed by atoms with Gasteiger partial charge >= 0.3 is 12.0 Å². The summed E-state index contributed by atoms with van der Waals surface area (Å²) >= 11 is 0.794. The summed E-state index contributed by atoms with van der Waals surface area (Å²) in [7, 11) is 0. The first-order valence-electron chi connectivity index (χ1n) is 5.61. The highest BCUT2D eigenvalue weighted by atomic mass is 32.1. The molecular weight excluding hydrogens is 304 g/mol. The molecular formula is C12H9F2N3O3S. The number of halogens is 2. The smallest absolute Gasteiger partial charge is 0.340 e. The zero-order valence-electron chi connectivity index (χ0n) is 10.6. The minimum atomic E-state index is -1.23. The number of amides is 2. The molecule has 0 saturated heterocycles. The average Bonchev–Trinajstić information content (AvgIpc) is 2.74. The molecule has 0 bridgehead atoms. The fourth-order valence-electron chi connectivity index (χ4n) is 1.55. The molecule has 9 heteroatoms. The third-order valence-electron chi connectivity index (χ3n) is 2.48. The molecule has 0 saturated carbocycles. The first-order valence-corrected chi connectivity index (χ1v) is 6.38. The largest absolute Gasteiger partial charge is 0.478 e. The van der Waals surface area contributed by atoms with E-state index in [4.69, 9.17) is 5.11 Å². The maximum Gasteiger partial charge on any atom is 0.340 e. The Labute approximate surface area is 121 Å². The Morgan fingerprint density at radius 3 is 2.62 bits per heavy atom. The van der Waals surface area contributed by atoms with Crippen LogP contribution in [0.15, 0.2) is 18.2 Å². The zero-order valence-corrected chi connectivity index (χ0v) is 11.4. The van der Waals surface area contributed by atoms with Gasteiger partial charge in [-0.1, -0.05) is 0 Å². The fraction of sp³-hybridized carbons (Fsp3) is 0.0833. The van der Waals surface area contributed by atoms with E-state index in [0.717, 1.165) is 23.7 Å². The summed E-state index contributed by atoms with van der Waals surface area (Å²) in [6.45, 7) is 1.49. The van der Waals surface area contributed by atoms with E-state index in [-0.39, 0.29) is 21.9 Å². The van der Waals surface area contributed by atoms with Gasteiger partial charge in [0.1, 0.15) is 22.2 Å². The number of aromatic carboxylic acids is 1. The molecule has 2 amide bonds. The number of carboxylic acid groups (broad SMARTS) is 1. The van der Waals surface area contributed by atoms with Crippen molar-refractivity contribution < 1.29 is 23.5 Å². The number of aryl methyl sites for hydroxylation is 1. The number of nitrogens with one attached hydrogen (secondary N) is 2. The van der Waals surface area contributed by atoms with Crippen molar-refractivity contribution in [1.29, 1.82) is 0 Å². The van der Waals surface area contributed by atoms with E-state index >= 15 is 0 Å². The van der Waals surface area contributed by atoms with E-state index in [0.29, 0.717) is 6.07 Å². The van der Waals surface area contributed by atoms with E-state index < -0.39 is 23.6 Å². The number of carboxylic acids is 1. The number of hydrogen-bond donors (Lipinski definition) is 3. The normalized spacial score (nSPS) is 10.2. The number of carbonyl (C=O) groups is 2. The van der Waals surface area contributed by atoms with Crippen molar-refractivity contribution in [3.05, 3.63) is 41.1 Å². The van der Waals surface area contributed by atoms with Crippen LogP contribution in [0.1, 0.15) is 16.1 Å². The maximum atomic E-state index is 13.4. The van der Waals surface area contributed by atoms with Crippen LogP contribution in [0.2, 0.25) is 0 Å². The van der Waals surface area contributed by atoms with Crippen LogP contribution >= 0.6 is 11.5 Å². The molecule has 110 valence electrons. The molecule has 6 nitrogen and oxygen atoms in total. The van der Waals surface area contributed by atoms with Gasteiger partial charge in [0.2, 0.25) is 0 Å². The monoisotopic (exact) mass is 313 g/mol. The quantitative estimate of drug-likeness (QED) is 0.812. The lowest BCUT2D eigenvalue weighted by molar-refractivity contribution is 0.0697. The number of aromatic nitrogens is 1. The Hall–Kier alpha value is -2.55. The minimum absolute atomic E-state index is 0.0278. The third kappa shape index (κ3) is 3.31. The zero-order chi connectivity index (χ0) is 15.6. The summed E-state index contributed by atoms with van der Waals surface area (Å²) in [5.74, 6) is -2.95. The molecule has 1 heterocycles. The van der Waals surface area contributed by atoms with Crippen LogP contribution in [0.3, 0.4) is 0 Å². The SMILES string of the molecule is Cc1nsc(NC(=O)Nc2ccc(F)cc2F)c1C(=O)O. The van der Waals surface area contributed by atoms with Gasteiger partial charge in [-0.25, -0.2) is 18.4 Å². The van der Waals surface area contributed by atoms with Gasteiger partial charge in [0.05, 0.1) is 11.4 Å². The van der Waals surface area contributed by atoms with Crippen LogP contribution in [0.4, 0.5) is 24.3 Å². The topological polar surface area (TPSA) is 91.3 Å². The second-order valence-electron chi connectivity index (χ2n) is 3.98. The number of rotatable bonds is 3. The molecule has 0 spiro atoms. The van der Waals surface area contributed by atoms with Gasteiger partial charge in [0.25, 0.3) is 0 Å². The highest BCUT2D eigenvalue weighted by Crippen LogP contribution is 2.24. The lowest BCUT2D eigenvalue weighted by Crippen LogP contribution is -2.20. The molecule has 0 aliphatic heterocycles. The molecule has 0 atom stereocenters. The average molecular weight is 313 g/mol. The number of urea groups is 1. The Morgan fingerprint density at radius 1 is 1.29 bits per heavy atom. The van der Waals surface area contributed by atoms with Crippen molar-refractivity contribution in [3.63, 3.8) is 0 Å². The predicted octanol–water partition coefficient (Wildman–Crippen LogP) is 3.07. The highest BCUT2D eigenvalue weighted by molar-refractivity contribution is 7.11. The van der Waals surface area contributed by atoms with Crippen molar-refractivity contribution in [1.82, 2.24) is 4.37 Å². The maximum absolute atomic E-state index is 13.4. The van der Waals surface area contributed by atoms with Crippen LogP contribution in [0.5, 0.6) is 0 Å². The van der Waals surface area contributed by atoms with Gasteiger partial charge in [-0.15, -0.1) is 0 Å². The molecule has 0 aliphatic carbocycles. The minimum Gasteiger partial charge on any atom is -0.478 e. The molecule has 0 fully saturated rings. The fourth-order valence-corrected chi connectivity index (χ4v) is 2.34. The number of nitrogens with zero attached hydrogens (tertiary/aromatic N) is 1. The molecule has 1 aromatic heterocycles. The van der Waals surface area contributed by atoms with Gasteiger partial charge in [-0.05, 0) is 30.6 Å². The number of anilines is 2. The van der Waals surface area contributed by atoms with Gasteiger partial charge < -0.3 is 10.4 Å². The first kappa shape index (κ1) is 14.9. The third-order valence-corrected chi connectivity index (χ3v) is 3.34. The number of benzene rings is 1. The standard InChI is InChI=1S/C12H9F2N3O3S/c1-5-9(11(18)19)10(21-17-5)16-12(20)15-8-3-2-6(13)4-7(8)14/h2-4H,1H3,(H,18,19)(H2,15,16,20). The summed E-state index contributed by atoms with van der Waals surface area (Å²) in [5, 5.41) is 13.5. The molecule has 21 heavy (non-hydrogen) atoms. The molecule has 1 aromatic carbocycles. The lowest BCUT2D eigenvalue weighted by Gasteiger charge is -2.07. The van der Waals surface area contributed by atoms with Crippen molar-refractivity contribution in [2.45, 2.75) is 6.92 Å². The Bertz CT molecular complexity index is 718. The van der Waals surface area contributed by atoms with E-state index in [1.165, 1.54) is 6.92 Å². The molecule has 0 aliphatic rings. The highest BCUT2D eigenvalue weighted by Gasteiger charge is 2.19. The number of hydrogen-bond acceptors (Lipinski definition) is 4. The molecule has 3 N–H and O–H groups in total. The van der Waals surface area contributed by atoms with Crippen LogP contribution in [-0.2, 0) is 0 Å². The van der Waals surface area contributed by atoms with Crippen molar-refractivity contribution in [3.8, 4) is 0 Å². The van der Waals surface area contributed by atoms with Crippen LogP contribution in [-0.4, -0.2) is 21.5 Å². The van der Waals surface area contributed by atoms with Crippen LogP contribution in [0, 0.1) is 18.6 Å². The van der Waals surface area contributed by atoms with Gasteiger partial charge in [-0.2, -0.15) is 4.37 Å². The Kier molecular flexibility index (Phi) is 4.13. The second kappa shape index (κ2) is 5.83. The summed E-state index contributed by atoms with van der Waals surface area (Å²) in [6, 6.07) is 1.81. The summed E-state index contributed by atoms with van der Waals surface area (Å²) in [5.41, 5.74) is -0.0995. The van der Waals surface area contributed by atoms with Crippen molar-refractivity contribution >= 4 is 34.2 Å². The Morgan fingerprint density at radius 2 is 2.00 bits per heavy atom. The molecule has 0 radical (unpaired) electrons. The van der Waals surface area contributed by atoms with Crippen LogP contribution in [0.25, 0.3) is 0 Å². The first-order chi connectivity index (χ1) is 9.88. The van der Waals surface area contributed by atoms with Crippen molar-refractivity contribution in [2.75, 3.05) is 10.6 Å². The second-order valence-corrected chi connectivity index (χ2v) is 4.75. The number of carbonyl (C=O) groups excluding carboxylic acids is 1. The van der Waals surface area contributed by atoms with E-state index in [2.05, 4.69) is 15.0 Å². The lowest BCUT2D eigenvalue weighted by atomic mass is 10.2. The van der Waals surface area contributed by atoms with Gasteiger partial charge in [0, 0.05) is 6.07 Å². The van der Waals surface area contributed by atoms with Gasteiger partial charge in [-0.3, -0.25) is 5.32 Å². The predicted molar refractivity (Wildman–Crippen MR) is 72.8 cm³/mol. The van der Waals surface area contributed by atoms with Crippen molar-refractivity contribution in [2.24, 2.45) is 0 Å². The van der Waals surface area contributed by atoms with Gasteiger partial charge in [0.15, 0.2) is 0 Å². The van der Waals surface area contributed by atoms with E-state index in [1.54, 1.807) is 0 Å². The summed E-state index contributed by atoms with van der Waals surface area (Å²) in [4.78, 5) is 22.7. The Balaban J connectivity index is 2.14. The van der Waals surface area contributed by atoms with E-state index in [9.17, 15) is 18.4 Å². The molecule has 2 rings (SSSR count). The molecule has 2 aromatic rings. The molecule has 0 unspecified atom stereocenters. The van der Waals surface area contributed by atoms with Crippen LogP contribution < -0.4 is 10.6 Å². The summed E-state index contributed by atoms with van der Waals surface area (Å²) in [6.07, 6.45) is 0. The van der Waals surface area contributed by atoms with E-state index in [1.807, 2.05) is 0 Å².